The summed E-state index contributed by atoms with van der Waals surface area (Å²) in [7, 11) is 2.62. The van der Waals surface area contributed by atoms with E-state index in [1.54, 1.807) is 0 Å². The predicted octanol–water partition coefficient (Wildman–Crippen LogP) is 9.92. The molecule has 6 aromatic carbocycles. The first kappa shape index (κ1) is 32.3. The van der Waals surface area contributed by atoms with E-state index in [2.05, 4.69) is 103 Å². The van der Waals surface area contributed by atoms with E-state index < -0.39 is 11.9 Å². The Labute approximate surface area is 280 Å². The minimum Gasteiger partial charge on any atom is -0.494 e. The normalized spacial score (nSPS) is 11.0. The van der Waals surface area contributed by atoms with Crippen molar-refractivity contribution < 1.29 is 28.5 Å². The van der Waals surface area contributed by atoms with Crippen LogP contribution < -0.4 is 9.47 Å². The standard InChI is InChI=1S/C42H38O6/c1-45-41(43)31-22-25-37(42(44)46-2)38(28-31)48-27-13-4-3-12-26-47-32-23-20-30(21-24-32)40-35-18-10-8-16-33(35)39(29-14-6-5-7-15-29)34-17-9-11-19-36(34)40/h5-11,14-25,28H,3-4,12-13,26-27H2,1-2H3. The number of fused-ring (bicyclic) bond motifs is 2. The smallest absolute Gasteiger partial charge is 0.341 e. The van der Waals surface area contributed by atoms with Gasteiger partial charge in [0.05, 0.1) is 33.0 Å². The van der Waals surface area contributed by atoms with Crippen LogP contribution in [-0.4, -0.2) is 39.4 Å². The second kappa shape index (κ2) is 15.3. The summed E-state index contributed by atoms with van der Waals surface area (Å²) in [6, 6.07) is 40.9. The molecule has 0 aliphatic heterocycles. The van der Waals surface area contributed by atoms with Crippen molar-refractivity contribution in [3.63, 3.8) is 0 Å². The van der Waals surface area contributed by atoms with Crippen molar-refractivity contribution in [1.29, 1.82) is 0 Å². The third kappa shape index (κ3) is 7.03. The summed E-state index contributed by atoms with van der Waals surface area (Å²) < 4.78 is 21.6. The highest BCUT2D eigenvalue weighted by atomic mass is 16.5. The highest BCUT2D eigenvalue weighted by Crippen LogP contribution is 2.43. The lowest BCUT2D eigenvalue weighted by Crippen LogP contribution is -2.09. The van der Waals surface area contributed by atoms with Crippen molar-refractivity contribution in [2.75, 3.05) is 27.4 Å². The largest absolute Gasteiger partial charge is 0.494 e. The van der Waals surface area contributed by atoms with Gasteiger partial charge >= 0.3 is 11.9 Å². The number of esters is 2. The van der Waals surface area contributed by atoms with Gasteiger partial charge in [-0.2, -0.15) is 0 Å². The van der Waals surface area contributed by atoms with Gasteiger partial charge in [0.2, 0.25) is 0 Å². The Kier molecular flexibility index (Phi) is 10.3. The maximum atomic E-state index is 12.1. The van der Waals surface area contributed by atoms with Gasteiger partial charge in [0.25, 0.3) is 0 Å². The van der Waals surface area contributed by atoms with Crippen LogP contribution in [0.2, 0.25) is 0 Å². The number of carbonyl (C=O) groups is 2. The number of carbonyl (C=O) groups excluding carboxylic acids is 2. The van der Waals surface area contributed by atoms with Gasteiger partial charge in [-0.3, -0.25) is 0 Å². The molecule has 0 atom stereocenters. The molecule has 48 heavy (non-hydrogen) atoms. The molecule has 6 aromatic rings. The molecule has 242 valence electrons. The van der Waals surface area contributed by atoms with Crippen LogP contribution in [0.15, 0.2) is 121 Å². The molecule has 0 amide bonds. The van der Waals surface area contributed by atoms with E-state index >= 15 is 0 Å². The summed E-state index contributed by atoms with van der Waals surface area (Å²) in [5, 5.41) is 4.93. The summed E-state index contributed by atoms with van der Waals surface area (Å²) >= 11 is 0. The molecule has 0 fully saturated rings. The molecule has 0 aromatic heterocycles. The molecule has 0 heterocycles. The fourth-order valence-corrected chi connectivity index (χ4v) is 6.17. The van der Waals surface area contributed by atoms with Crippen molar-refractivity contribution in [2.45, 2.75) is 25.7 Å². The molecular weight excluding hydrogens is 600 g/mol. The Hall–Kier alpha value is -5.62. The second-order valence-corrected chi connectivity index (χ2v) is 11.5. The SMILES string of the molecule is COC(=O)c1ccc(C(=O)OC)c(OCCCCCCOc2ccc(-c3c4ccccc4c(-c4ccccc4)c4ccccc34)cc2)c1. The van der Waals surface area contributed by atoms with Gasteiger partial charge < -0.3 is 18.9 Å². The van der Waals surface area contributed by atoms with Gasteiger partial charge in [0.15, 0.2) is 0 Å². The lowest BCUT2D eigenvalue weighted by atomic mass is 9.86. The fraction of sp³-hybridized carbons (Fsp3) is 0.190. The number of unbranched alkanes of at least 4 members (excludes halogenated alkanes) is 3. The summed E-state index contributed by atoms with van der Waals surface area (Å²) in [5.41, 5.74) is 5.44. The van der Waals surface area contributed by atoms with Crippen LogP contribution in [0.25, 0.3) is 43.8 Å². The minimum atomic E-state index is -0.519. The lowest BCUT2D eigenvalue weighted by Gasteiger charge is -2.18. The van der Waals surface area contributed by atoms with Crippen LogP contribution >= 0.6 is 0 Å². The van der Waals surface area contributed by atoms with Crippen LogP contribution in [0.1, 0.15) is 46.4 Å². The Balaban J connectivity index is 1.06. The summed E-state index contributed by atoms with van der Waals surface area (Å²) in [6.45, 7) is 1.03. The molecular formula is C42H38O6. The van der Waals surface area contributed by atoms with E-state index in [0.29, 0.717) is 24.5 Å². The van der Waals surface area contributed by atoms with Gasteiger partial charge in [-0.05, 0) is 99.8 Å². The average molecular weight is 639 g/mol. The van der Waals surface area contributed by atoms with Crippen LogP contribution in [0, 0.1) is 0 Å². The Morgan fingerprint density at radius 2 is 1.00 bits per heavy atom. The monoisotopic (exact) mass is 638 g/mol. The Bertz CT molecular complexity index is 1980. The van der Waals surface area contributed by atoms with Crippen molar-refractivity contribution in [3.8, 4) is 33.8 Å². The summed E-state index contributed by atoms with van der Waals surface area (Å²) in [4.78, 5) is 24.1. The quantitative estimate of drug-likeness (QED) is 0.0712. The van der Waals surface area contributed by atoms with Gasteiger partial charge in [-0.25, -0.2) is 9.59 Å². The molecule has 0 spiro atoms. The van der Waals surface area contributed by atoms with E-state index in [-0.39, 0.29) is 5.56 Å². The number of rotatable bonds is 13. The molecule has 0 radical (unpaired) electrons. The van der Waals surface area contributed by atoms with E-state index in [1.807, 2.05) is 0 Å². The summed E-state index contributed by atoms with van der Waals surface area (Å²) in [5.74, 6) is 0.141. The minimum absolute atomic E-state index is 0.273. The lowest BCUT2D eigenvalue weighted by molar-refractivity contribution is 0.0582. The van der Waals surface area contributed by atoms with Gasteiger partial charge in [-0.1, -0.05) is 91.0 Å². The Morgan fingerprint density at radius 1 is 0.500 bits per heavy atom. The average Bonchev–Trinajstić information content (AvgIpc) is 3.14. The maximum Gasteiger partial charge on any atom is 0.341 e. The van der Waals surface area contributed by atoms with Crippen LogP contribution in [0.5, 0.6) is 11.5 Å². The zero-order valence-corrected chi connectivity index (χ0v) is 27.2. The summed E-state index contributed by atoms with van der Waals surface area (Å²) in [6.07, 6.45) is 3.61. The van der Waals surface area contributed by atoms with Gasteiger partial charge in [0.1, 0.15) is 17.1 Å². The second-order valence-electron chi connectivity index (χ2n) is 11.5. The fourth-order valence-electron chi connectivity index (χ4n) is 6.17. The molecule has 6 nitrogen and oxygen atoms in total. The van der Waals surface area contributed by atoms with E-state index in [9.17, 15) is 9.59 Å². The highest BCUT2D eigenvalue weighted by Gasteiger charge is 2.18. The third-order valence-corrected chi connectivity index (χ3v) is 8.51. The molecule has 0 unspecified atom stereocenters. The molecule has 0 aliphatic rings. The number of methoxy groups -OCH3 is 2. The van der Waals surface area contributed by atoms with Gasteiger partial charge in [0, 0.05) is 0 Å². The first-order chi connectivity index (χ1) is 23.6. The first-order valence-corrected chi connectivity index (χ1v) is 16.2. The molecule has 0 bridgehead atoms. The van der Waals surface area contributed by atoms with Crippen molar-refractivity contribution in [2.24, 2.45) is 0 Å². The zero-order valence-electron chi connectivity index (χ0n) is 27.2. The number of ether oxygens (including phenoxy) is 4. The van der Waals surface area contributed by atoms with E-state index in [4.69, 9.17) is 18.9 Å². The van der Waals surface area contributed by atoms with Gasteiger partial charge in [-0.15, -0.1) is 0 Å². The Morgan fingerprint density at radius 3 is 1.54 bits per heavy atom. The zero-order chi connectivity index (χ0) is 33.3. The number of benzene rings is 6. The molecule has 6 heteroatoms. The van der Waals surface area contributed by atoms with Crippen molar-refractivity contribution in [3.05, 3.63) is 132 Å². The first-order valence-electron chi connectivity index (χ1n) is 16.2. The maximum absolute atomic E-state index is 12.1. The molecule has 0 aliphatic carbocycles. The molecule has 0 saturated carbocycles. The molecule has 0 saturated heterocycles. The predicted molar refractivity (Wildman–Crippen MR) is 191 cm³/mol. The third-order valence-electron chi connectivity index (χ3n) is 8.51. The number of hydrogen-bond acceptors (Lipinski definition) is 6. The van der Waals surface area contributed by atoms with Crippen molar-refractivity contribution >= 4 is 33.5 Å². The van der Waals surface area contributed by atoms with Crippen LogP contribution in [-0.2, 0) is 9.47 Å². The number of hydrogen-bond donors (Lipinski definition) is 0. The topological polar surface area (TPSA) is 71.1 Å². The van der Waals surface area contributed by atoms with E-state index in [0.717, 1.165) is 37.0 Å². The van der Waals surface area contributed by atoms with E-state index in [1.165, 1.54) is 70.7 Å². The van der Waals surface area contributed by atoms with Crippen molar-refractivity contribution in [1.82, 2.24) is 0 Å². The van der Waals surface area contributed by atoms with Crippen LogP contribution in [0.4, 0.5) is 0 Å². The van der Waals surface area contributed by atoms with Crippen LogP contribution in [0.3, 0.4) is 0 Å². The molecule has 0 N–H and O–H groups in total. The highest BCUT2D eigenvalue weighted by molar-refractivity contribution is 6.21. The molecule has 6 rings (SSSR count).